The van der Waals surface area contributed by atoms with Gasteiger partial charge in [-0.3, -0.25) is 14.6 Å². The number of thioether (sulfide) groups is 1. The quantitative estimate of drug-likeness (QED) is 0.350. The van der Waals surface area contributed by atoms with Crippen molar-refractivity contribution in [2.75, 3.05) is 0 Å². The first-order valence-corrected chi connectivity index (χ1v) is 8.70. The van der Waals surface area contributed by atoms with Gasteiger partial charge in [0.2, 0.25) is 11.8 Å². The Kier molecular flexibility index (Phi) is 6.22. The molecule has 2 saturated heterocycles. The molecule has 2 aliphatic rings. The first-order valence-electron chi connectivity index (χ1n) is 7.82. The molecular formula is C17H19N3NaO4S+. The zero-order valence-electron chi connectivity index (χ0n) is 14.9. The van der Waals surface area contributed by atoms with Gasteiger partial charge in [0, 0.05) is 4.75 Å². The number of carboxylic acid groups (broad SMARTS) is 1. The van der Waals surface area contributed by atoms with Gasteiger partial charge in [-0.1, -0.05) is 30.3 Å². The van der Waals surface area contributed by atoms with Crippen LogP contribution in [0.4, 0.5) is 0 Å². The van der Waals surface area contributed by atoms with E-state index in [2.05, 4.69) is 17.0 Å². The molecule has 0 spiro atoms. The van der Waals surface area contributed by atoms with Crippen molar-refractivity contribution in [1.82, 2.24) is 10.2 Å². The third-order valence-electron chi connectivity index (χ3n) is 4.52. The van der Waals surface area contributed by atoms with Gasteiger partial charge in [-0.15, -0.1) is 11.8 Å². The van der Waals surface area contributed by atoms with E-state index >= 15 is 0 Å². The molecule has 0 aromatic heterocycles. The average molecular weight is 384 g/mol. The molecule has 132 valence electrons. The van der Waals surface area contributed by atoms with Gasteiger partial charge in [0.15, 0.2) is 6.04 Å². The number of hydrogen-bond acceptors (Lipinski definition) is 5. The van der Waals surface area contributed by atoms with Crippen LogP contribution in [0.3, 0.4) is 0 Å². The van der Waals surface area contributed by atoms with Gasteiger partial charge in [0.05, 0.1) is 0 Å². The van der Waals surface area contributed by atoms with Gasteiger partial charge in [0.1, 0.15) is 17.5 Å². The number of nitrogens with zero attached hydrogens (tertiary/aromatic N) is 2. The standard InChI is InChI=1S/C17H19N3O4S.Na/c1-17(2)12(16(23)24)20-14(22)11(15(20)25-17)19-13(21)10(18-3)9-7-5-4-6-8-9;/h4-8,10-12,15H,3H2,1-2H3,(H,19,21)(H,23,24);/q;+1/t10-,11-,12+,15-;/m1./s1. The van der Waals surface area contributed by atoms with Crippen LogP contribution < -0.4 is 34.9 Å². The van der Waals surface area contributed by atoms with E-state index in [0.29, 0.717) is 5.56 Å². The van der Waals surface area contributed by atoms with Crippen molar-refractivity contribution in [2.24, 2.45) is 4.99 Å². The van der Waals surface area contributed by atoms with Gasteiger partial charge < -0.3 is 15.3 Å². The summed E-state index contributed by atoms with van der Waals surface area (Å²) in [6.45, 7) is 7.05. The minimum atomic E-state index is -1.03. The minimum Gasteiger partial charge on any atom is -0.480 e. The number of β-lactam (4-membered cyclic amide) rings is 1. The predicted octanol–water partition coefficient (Wildman–Crippen LogP) is -1.94. The average Bonchev–Trinajstić information content (AvgIpc) is 2.82. The summed E-state index contributed by atoms with van der Waals surface area (Å²) in [6, 6.07) is 6.51. The van der Waals surface area contributed by atoms with Gasteiger partial charge >= 0.3 is 35.5 Å². The monoisotopic (exact) mass is 384 g/mol. The smallest absolute Gasteiger partial charge is 0.480 e. The van der Waals surface area contributed by atoms with Crippen molar-refractivity contribution < 1.29 is 49.0 Å². The molecule has 9 heteroatoms. The molecule has 1 aromatic carbocycles. The molecule has 0 radical (unpaired) electrons. The van der Waals surface area contributed by atoms with Crippen LogP contribution in [0.5, 0.6) is 0 Å². The number of nitrogens with one attached hydrogen (secondary N) is 1. The van der Waals surface area contributed by atoms with E-state index in [1.54, 1.807) is 38.1 Å². The Hall–Kier alpha value is -1.35. The molecule has 2 N–H and O–H groups in total. The fraction of sp³-hybridized carbons (Fsp3) is 0.412. The van der Waals surface area contributed by atoms with E-state index in [4.69, 9.17) is 0 Å². The predicted molar refractivity (Wildman–Crippen MR) is 94.4 cm³/mol. The molecule has 2 fully saturated rings. The Morgan fingerprint density at radius 2 is 1.96 bits per heavy atom. The van der Waals surface area contributed by atoms with Gasteiger partial charge in [-0.25, -0.2) is 4.79 Å². The SMILES string of the molecule is C=N[C@@H](C(=O)N[C@@H]1C(=O)N2[C@@H]1SC(C)(C)[C@@H]2C(=O)O)c1ccccc1.[Na+]. The largest absolute Gasteiger partial charge is 1.00 e. The van der Waals surface area contributed by atoms with Crippen molar-refractivity contribution in [3.8, 4) is 0 Å². The molecule has 0 saturated carbocycles. The van der Waals surface area contributed by atoms with Crippen molar-refractivity contribution in [1.29, 1.82) is 0 Å². The fourth-order valence-corrected chi connectivity index (χ4v) is 4.98. The summed E-state index contributed by atoms with van der Waals surface area (Å²) in [5.41, 5.74) is 0.682. The molecule has 4 atom stereocenters. The number of benzene rings is 1. The summed E-state index contributed by atoms with van der Waals surface area (Å²) in [4.78, 5) is 41.7. The number of aliphatic imine (C=N–C) groups is 1. The molecule has 0 aliphatic carbocycles. The molecule has 26 heavy (non-hydrogen) atoms. The van der Waals surface area contributed by atoms with Crippen LogP contribution in [0.2, 0.25) is 0 Å². The number of carbonyl (C=O) groups excluding carboxylic acids is 2. The number of amides is 2. The van der Waals surface area contributed by atoms with E-state index in [0.717, 1.165) is 0 Å². The molecule has 0 unspecified atom stereocenters. The fourth-order valence-electron chi connectivity index (χ4n) is 3.35. The summed E-state index contributed by atoms with van der Waals surface area (Å²) in [6.07, 6.45) is 0. The minimum absolute atomic E-state index is 0. The number of rotatable bonds is 5. The number of fused-ring (bicyclic) bond motifs is 1. The number of aliphatic carboxylic acids is 1. The molecule has 1 aromatic rings. The maximum absolute atomic E-state index is 12.5. The van der Waals surface area contributed by atoms with Crippen molar-refractivity contribution in [3.63, 3.8) is 0 Å². The van der Waals surface area contributed by atoms with E-state index in [1.807, 2.05) is 6.07 Å². The number of carboxylic acids is 1. The molecule has 0 bridgehead atoms. The molecule has 2 amide bonds. The van der Waals surface area contributed by atoms with Crippen LogP contribution >= 0.6 is 11.8 Å². The second-order valence-corrected chi connectivity index (χ2v) is 8.35. The zero-order chi connectivity index (χ0) is 18.4. The van der Waals surface area contributed by atoms with Crippen LogP contribution in [0.15, 0.2) is 35.3 Å². The Labute approximate surface area is 177 Å². The maximum Gasteiger partial charge on any atom is 1.00 e. The third-order valence-corrected chi connectivity index (χ3v) is 6.09. The number of hydrogen-bond donors (Lipinski definition) is 2. The maximum atomic E-state index is 12.5. The number of carbonyl (C=O) groups is 3. The first-order chi connectivity index (χ1) is 11.8. The van der Waals surface area contributed by atoms with Crippen LogP contribution in [-0.2, 0) is 14.4 Å². The second-order valence-electron chi connectivity index (χ2n) is 6.58. The van der Waals surface area contributed by atoms with E-state index in [9.17, 15) is 19.5 Å². The summed E-state index contributed by atoms with van der Waals surface area (Å²) in [7, 11) is 0. The van der Waals surface area contributed by atoms with Gasteiger partial charge in [-0.05, 0) is 26.1 Å². The first kappa shape index (κ1) is 21.0. The third kappa shape index (κ3) is 3.43. The topological polar surface area (TPSA) is 99.1 Å². The second kappa shape index (κ2) is 7.72. The van der Waals surface area contributed by atoms with E-state index in [1.165, 1.54) is 16.7 Å². The molecule has 2 aliphatic heterocycles. The summed E-state index contributed by atoms with van der Waals surface area (Å²) in [5.74, 6) is -1.83. The summed E-state index contributed by atoms with van der Waals surface area (Å²) in [5, 5.41) is 11.7. The van der Waals surface area contributed by atoms with Gasteiger partial charge in [0.25, 0.3) is 0 Å². The van der Waals surface area contributed by atoms with E-state index < -0.39 is 34.7 Å². The molecular weight excluding hydrogens is 365 g/mol. The van der Waals surface area contributed by atoms with Crippen LogP contribution in [0.25, 0.3) is 0 Å². The molecule has 7 nitrogen and oxygen atoms in total. The molecule has 3 rings (SSSR count). The Morgan fingerprint density at radius 1 is 1.35 bits per heavy atom. The van der Waals surface area contributed by atoms with Crippen molar-refractivity contribution >= 4 is 36.3 Å². The normalized spacial score (nSPS) is 26.8. The Balaban J connectivity index is 0.00000243. The van der Waals surface area contributed by atoms with Crippen molar-refractivity contribution in [3.05, 3.63) is 35.9 Å². The Morgan fingerprint density at radius 3 is 2.50 bits per heavy atom. The van der Waals surface area contributed by atoms with Crippen LogP contribution in [-0.4, -0.2) is 56.7 Å². The van der Waals surface area contributed by atoms with E-state index in [-0.39, 0.29) is 40.8 Å². The van der Waals surface area contributed by atoms with Gasteiger partial charge in [-0.2, -0.15) is 0 Å². The van der Waals surface area contributed by atoms with Crippen LogP contribution in [0.1, 0.15) is 25.5 Å². The van der Waals surface area contributed by atoms with Crippen LogP contribution in [0, 0.1) is 0 Å². The molecule has 2 heterocycles. The van der Waals surface area contributed by atoms with Crippen molar-refractivity contribution in [2.45, 2.75) is 42.1 Å². The summed E-state index contributed by atoms with van der Waals surface area (Å²) >= 11 is 1.39. The Bertz CT molecular complexity index is 743. The zero-order valence-corrected chi connectivity index (χ0v) is 17.7. The summed E-state index contributed by atoms with van der Waals surface area (Å²) < 4.78 is -0.624.